The van der Waals surface area contributed by atoms with Gasteiger partial charge >= 0.3 is 0 Å². The first kappa shape index (κ1) is 14.2. The molecule has 5 heteroatoms. The molecule has 1 unspecified atom stereocenters. The number of hydrogen-bond donors (Lipinski definition) is 1. The van der Waals surface area contributed by atoms with Crippen molar-refractivity contribution in [3.63, 3.8) is 0 Å². The summed E-state index contributed by atoms with van der Waals surface area (Å²) in [6.07, 6.45) is 2.85. The topological polar surface area (TPSA) is 29.9 Å². The third-order valence-electron chi connectivity index (χ3n) is 2.92. The lowest BCUT2D eigenvalue weighted by atomic mass is 10.0. The monoisotopic (exact) mass is 325 g/mol. The van der Waals surface area contributed by atoms with Gasteiger partial charge < -0.3 is 5.32 Å². The van der Waals surface area contributed by atoms with E-state index in [0.29, 0.717) is 10.0 Å². The van der Waals surface area contributed by atoms with Crippen LogP contribution in [0.25, 0.3) is 0 Å². The van der Waals surface area contributed by atoms with Crippen molar-refractivity contribution < 1.29 is 4.39 Å². The maximum absolute atomic E-state index is 14.3. The zero-order valence-corrected chi connectivity index (χ0v) is 12.6. The van der Waals surface area contributed by atoms with Gasteiger partial charge in [0.2, 0.25) is 0 Å². The smallest absolute Gasteiger partial charge is 0.142 e. The zero-order valence-electron chi connectivity index (χ0n) is 11.0. The summed E-state index contributed by atoms with van der Waals surface area (Å²) in [6.45, 7) is 2.90. The van der Waals surface area contributed by atoms with Crippen LogP contribution in [-0.4, -0.2) is 16.3 Å². The summed E-state index contributed by atoms with van der Waals surface area (Å²) in [5, 5.41) is 7.73. The second kappa shape index (κ2) is 6.30. The van der Waals surface area contributed by atoms with Gasteiger partial charge in [0.15, 0.2) is 0 Å². The summed E-state index contributed by atoms with van der Waals surface area (Å²) >= 11 is 3.23. The van der Waals surface area contributed by atoms with Crippen molar-refractivity contribution >= 4 is 15.9 Å². The summed E-state index contributed by atoms with van der Waals surface area (Å²) in [5.74, 6) is -0.234. The SMILES string of the molecule is CCCNC(c1ccn(C)n1)c1cccc(Br)c1F. The van der Waals surface area contributed by atoms with Gasteiger partial charge in [0.25, 0.3) is 0 Å². The maximum atomic E-state index is 14.3. The minimum Gasteiger partial charge on any atom is -0.305 e. The van der Waals surface area contributed by atoms with Crippen molar-refractivity contribution in [3.05, 3.63) is 52.0 Å². The number of halogens is 2. The molecular weight excluding hydrogens is 309 g/mol. The second-order valence-electron chi connectivity index (χ2n) is 4.44. The fourth-order valence-electron chi connectivity index (χ4n) is 1.99. The Kier molecular flexibility index (Phi) is 4.71. The van der Waals surface area contributed by atoms with E-state index in [-0.39, 0.29) is 11.9 Å². The Morgan fingerprint density at radius 2 is 2.21 bits per heavy atom. The van der Waals surface area contributed by atoms with Gasteiger partial charge in [0, 0.05) is 18.8 Å². The molecule has 102 valence electrons. The molecule has 1 aromatic heterocycles. The molecule has 1 heterocycles. The number of nitrogens with one attached hydrogen (secondary N) is 1. The van der Waals surface area contributed by atoms with Crippen molar-refractivity contribution in [1.29, 1.82) is 0 Å². The van der Waals surface area contributed by atoms with Crippen LogP contribution in [-0.2, 0) is 7.05 Å². The number of hydrogen-bond acceptors (Lipinski definition) is 2. The van der Waals surface area contributed by atoms with Gasteiger partial charge in [0.1, 0.15) is 5.82 Å². The van der Waals surface area contributed by atoms with Crippen LogP contribution in [0.4, 0.5) is 4.39 Å². The zero-order chi connectivity index (χ0) is 13.8. The molecule has 0 radical (unpaired) electrons. The molecule has 0 saturated heterocycles. The van der Waals surface area contributed by atoms with Gasteiger partial charge in [0.05, 0.1) is 16.2 Å². The predicted octanol–water partition coefficient (Wildman–Crippen LogP) is 3.41. The van der Waals surface area contributed by atoms with E-state index < -0.39 is 0 Å². The average Bonchev–Trinajstić information content (AvgIpc) is 2.81. The lowest BCUT2D eigenvalue weighted by Crippen LogP contribution is -2.24. The summed E-state index contributed by atoms with van der Waals surface area (Å²) < 4.78 is 16.5. The highest BCUT2D eigenvalue weighted by Gasteiger charge is 2.20. The second-order valence-corrected chi connectivity index (χ2v) is 5.30. The molecule has 2 rings (SSSR count). The van der Waals surface area contributed by atoms with Crippen LogP contribution in [0.3, 0.4) is 0 Å². The van der Waals surface area contributed by atoms with Gasteiger partial charge in [-0.1, -0.05) is 19.1 Å². The van der Waals surface area contributed by atoms with Crippen molar-refractivity contribution in [1.82, 2.24) is 15.1 Å². The molecule has 1 atom stereocenters. The van der Waals surface area contributed by atoms with Gasteiger partial charge in [-0.3, -0.25) is 4.68 Å². The molecule has 0 amide bonds. The predicted molar refractivity (Wildman–Crippen MR) is 77.4 cm³/mol. The van der Waals surface area contributed by atoms with E-state index in [4.69, 9.17) is 0 Å². The number of nitrogens with zero attached hydrogens (tertiary/aromatic N) is 2. The molecule has 1 aromatic carbocycles. The van der Waals surface area contributed by atoms with Crippen LogP contribution < -0.4 is 5.32 Å². The Labute approximate surface area is 121 Å². The van der Waals surface area contributed by atoms with E-state index in [1.807, 2.05) is 25.4 Å². The van der Waals surface area contributed by atoms with Crippen LogP contribution in [0.2, 0.25) is 0 Å². The minimum absolute atomic E-state index is 0.223. The van der Waals surface area contributed by atoms with Crippen LogP contribution >= 0.6 is 15.9 Å². The first-order chi connectivity index (χ1) is 9.13. The van der Waals surface area contributed by atoms with Crippen molar-refractivity contribution in [2.45, 2.75) is 19.4 Å². The highest BCUT2D eigenvalue weighted by atomic mass is 79.9. The molecule has 0 aliphatic heterocycles. The van der Waals surface area contributed by atoms with Crippen molar-refractivity contribution in [2.24, 2.45) is 7.05 Å². The lowest BCUT2D eigenvalue weighted by Gasteiger charge is -2.18. The van der Waals surface area contributed by atoms with E-state index in [0.717, 1.165) is 18.7 Å². The van der Waals surface area contributed by atoms with E-state index in [1.165, 1.54) is 0 Å². The lowest BCUT2D eigenvalue weighted by molar-refractivity contribution is 0.531. The van der Waals surface area contributed by atoms with Crippen molar-refractivity contribution in [2.75, 3.05) is 6.54 Å². The standard InChI is InChI=1S/C14H17BrFN3/c1-3-8-17-14(12-7-9-19(2)18-12)10-5-4-6-11(15)13(10)16/h4-7,9,14,17H,3,8H2,1-2H3. The Balaban J connectivity index is 2.39. The Bertz CT molecular complexity index is 553. The normalized spacial score (nSPS) is 12.6. The summed E-state index contributed by atoms with van der Waals surface area (Å²) in [6, 6.07) is 7.02. The number of aromatic nitrogens is 2. The van der Waals surface area contributed by atoms with Gasteiger partial charge in [-0.2, -0.15) is 5.10 Å². The quantitative estimate of drug-likeness (QED) is 0.912. The molecule has 0 aliphatic rings. The van der Waals surface area contributed by atoms with Gasteiger partial charge in [-0.25, -0.2) is 4.39 Å². The van der Waals surface area contributed by atoms with E-state index in [9.17, 15) is 4.39 Å². The van der Waals surface area contributed by atoms with Gasteiger partial charge in [-0.05, 0) is 41.0 Å². The number of rotatable bonds is 5. The van der Waals surface area contributed by atoms with Crippen LogP contribution in [0.1, 0.15) is 30.6 Å². The van der Waals surface area contributed by atoms with Gasteiger partial charge in [-0.15, -0.1) is 0 Å². The maximum Gasteiger partial charge on any atom is 0.142 e. The van der Waals surface area contributed by atoms with E-state index >= 15 is 0 Å². The highest BCUT2D eigenvalue weighted by molar-refractivity contribution is 9.10. The first-order valence-corrected chi connectivity index (χ1v) is 7.09. The summed E-state index contributed by atoms with van der Waals surface area (Å²) in [7, 11) is 1.86. The molecule has 0 spiro atoms. The number of benzene rings is 1. The number of aryl methyl sites for hydroxylation is 1. The third kappa shape index (κ3) is 3.22. The molecule has 19 heavy (non-hydrogen) atoms. The molecule has 1 N–H and O–H groups in total. The Morgan fingerprint density at radius 1 is 1.42 bits per heavy atom. The average molecular weight is 326 g/mol. The molecule has 0 saturated carbocycles. The van der Waals surface area contributed by atoms with Crippen LogP contribution in [0.5, 0.6) is 0 Å². The van der Waals surface area contributed by atoms with E-state index in [2.05, 4.69) is 33.3 Å². The highest BCUT2D eigenvalue weighted by Crippen LogP contribution is 2.27. The first-order valence-electron chi connectivity index (χ1n) is 6.30. The summed E-state index contributed by atoms with van der Waals surface area (Å²) in [4.78, 5) is 0. The molecule has 0 fully saturated rings. The Hall–Kier alpha value is -1.20. The minimum atomic E-state index is -0.234. The Morgan fingerprint density at radius 3 is 2.84 bits per heavy atom. The molecule has 0 aliphatic carbocycles. The molecule has 3 nitrogen and oxygen atoms in total. The molecule has 0 bridgehead atoms. The van der Waals surface area contributed by atoms with Crippen LogP contribution in [0.15, 0.2) is 34.9 Å². The molecule has 2 aromatic rings. The fraction of sp³-hybridized carbons (Fsp3) is 0.357. The fourth-order valence-corrected chi connectivity index (χ4v) is 2.37. The molecular formula is C14H17BrFN3. The van der Waals surface area contributed by atoms with Crippen LogP contribution in [0, 0.1) is 5.82 Å². The largest absolute Gasteiger partial charge is 0.305 e. The summed E-state index contributed by atoms with van der Waals surface area (Å²) in [5.41, 5.74) is 1.44. The van der Waals surface area contributed by atoms with Crippen molar-refractivity contribution in [3.8, 4) is 0 Å². The van der Waals surface area contributed by atoms with E-state index in [1.54, 1.807) is 16.8 Å². The third-order valence-corrected chi connectivity index (χ3v) is 3.53.